The van der Waals surface area contributed by atoms with E-state index >= 15 is 0 Å². The van der Waals surface area contributed by atoms with Crippen molar-refractivity contribution in [1.82, 2.24) is 0 Å². The molecule has 3 aromatic rings. The second-order valence-electron chi connectivity index (χ2n) is 6.73. The third kappa shape index (κ3) is 4.98. The standard InChI is InChI=1S/C23H22ClNO6S/c1-16-8-11-18(12-9-16)32(27,28)25(17-10-13-20(29-2)19(24)14-17)23(26)15-31-22-7-5-4-6-21(22)30-3/h4-14H,15H2,1-3H3. The molecule has 0 saturated heterocycles. The first kappa shape index (κ1) is 23.4. The van der Waals surface area contributed by atoms with E-state index in [1.54, 1.807) is 36.4 Å². The number of hydrogen-bond donors (Lipinski definition) is 0. The molecule has 0 radical (unpaired) electrons. The zero-order valence-corrected chi connectivity index (χ0v) is 19.3. The van der Waals surface area contributed by atoms with Crippen molar-refractivity contribution in [2.45, 2.75) is 11.8 Å². The summed E-state index contributed by atoms with van der Waals surface area (Å²) in [5.41, 5.74) is 0.943. The average molecular weight is 476 g/mol. The minimum absolute atomic E-state index is 0.0410. The van der Waals surface area contributed by atoms with E-state index in [-0.39, 0.29) is 15.6 Å². The maximum absolute atomic E-state index is 13.4. The van der Waals surface area contributed by atoms with Crippen LogP contribution in [0, 0.1) is 6.92 Å². The van der Waals surface area contributed by atoms with Crippen molar-refractivity contribution >= 4 is 33.2 Å². The molecule has 3 rings (SSSR count). The molecule has 0 aliphatic heterocycles. The molecule has 1 amide bonds. The van der Waals surface area contributed by atoms with Crippen LogP contribution in [0.1, 0.15) is 5.56 Å². The Labute approximate surface area is 192 Å². The van der Waals surface area contributed by atoms with Gasteiger partial charge in [-0.25, -0.2) is 8.42 Å². The zero-order chi connectivity index (χ0) is 23.3. The minimum atomic E-state index is -4.25. The smallest absolute Gasteiger partial charge is 0.278 e. The van der Waals surface area contributed by atoms with Crippen molar-refractivity contribution in [3.8, 4) is 17.2 Å². The summed E-state index contributed by atoms with van der Waals surface area (Å²) in [6, 6.07) is 17.2. The van der Waals surface area contributed by atoms with Gasteiger partial charge in [0.15, 0.2) is 18.1 Å². The van der Waals surface area contributed by atoms with Gasteiger partial charge in [-0.1, -0.05) is 41.4 Å². The van der Waals surface area contributed by atoms with Gasteiger partial charge in [-0.05, 0) is 49.4 Å². The summed E-state index contributed by atoms with van der Waals surface area (Å²) in [6.45, 7) is 1.29. The Bertz CT molecular complexity index is 1210. The zero-order valence-electron chi connectivity index (χ0n) is 17.7. The average Bonchev–Trinajstić information content (AvgIpc) is 2.78. The van der Waals surface area contributed by atoms with Crippen molar-refractivity contribution in [3.63, 3.8) is 0 Å². The topological polar surface area (TPSA) is 82.1 Å². The molecule has 7 nitrogen and oxygen atoms in total. The number of ether oxygens (including phenoxy) is 3. The fourth-order valence-electron chi connectivity index (χ4n) is 2.95. The third-order valence-corrected chi connectivity index (χ3v) is 6.63. The largest absolute Gasteiger partial charge is 0.495 e. The van der Waals surface area contributed by atoms with Gasteiger partial charge in [-0.15, -0.1) is 0 Å². The van der Waals surface area contributed by atoms with Crippen LogP contribution in [0.25, 0.3) is 0 Å². The Morgan fingerprint density at radius 2 is 1.53 bits per heavy atom. The number of amides is 1. The van der Waals surface area contributed by atoms with E-state index in [2.05, 4.69) is 0 Å². The Hall–Kier alpha value is -3.23. The Kier molecular flexibility index (Phi) is 7.27. The quantitative estimate of drug-likeness (QED) is 0.478. The van der Waals surface area contributed by atoms with Crippen molar-refractivity contribution in [2.24, 2.45) is 0 Å². The number of halogens is 1. The van der Waals surface area contributed by atoms with Crippen LogP contribution in [-0.2, 0) is 14.8 Å². The van der Waals surface area contributed by atoms with Crippen molar-refractivity contribution in [1.29, 1.82) is 0 Å². The van der Waals surface area contributed by atoms with Gasteiger partial charge in [0.2, 0.25) is 0 Å². The number of para-hydroxylation sites is 2. The molecule has 0 aliphatic carbocycles. The van der Waals surface area contributed by atoms with Crippen LogP contribution in [0.15, 0.2) is 71.6 Å². The molecule has 0 unspecified atom stereocenters. The summed E-state index contributed by atoms with van der Waals surface area (Å²) >= 11 is 6.20. The summed E-state index contributed by atoms with van der Waals surface area (Å²) in [6.07, 6.45) is 0. The number of methoxy groups -OCH3 is 2. The van der Waals surface area contributed by atoms with Crippen LogP contribution in [0.5, 0.6) is 17.2 Å². The number of aryl methyl sites for hydroxylation is 1. The molecule has 32 heavy (non-hydrogen) atoms. The molecule has 0 N–H and O–H groups in total. The van der Waals surface area contributed by atoms with Gasteiger partial charge in [0.25, 0.3) is 15.9 Å². The summed E-state index contributed by atoms with van der Waals surface area (Å²) < 4.78 is 43.5. The van der Waals surface area contributed by atoms with Gasteiger partial charge >= 0.3 is 0 Å². The van der Waals surface area contributed by atoms with Crippen LogP contribution in [0.2, 0.25) is 5.02 Å². The number of rotatable bonds is 8. The van der Waals surface area contributed by atoms with Crippen LogP contribution < -0.4 is 18.5 Å². The fraction of sp³-hybridized carbons (Fsp3) is 0.174. The van der Waals surface area contributed by atoms with Gasteiger partial charge < -0.3 is 14.2 Å². The lowest BCUT2D eigenvalue weighted by atomic mass is 10.2. The second-order valence-corrected chi connectivity index (χ2v) is 8.93. The van der Waals surface area contributed by atoms with Crippen LogP contribution >= 0.6 is 11.6 Å². The minimum Gasteiger partial charge on any atom is -0.495 e. The molecule has 0 fully saturated rings. The van der Waals surface area contributed by atoms with Gasteiger partial charge in [0.05, 0.1) is 29.8 Å². The maximum atomic E-state index is 13.4. The molecule has 0 aliphatic rings. The van der Waals surface area contributed by atoms with Crippen molar-refractivity contribution < 1.29 is 27.4 Å². The van der Waals surface area contributed by atoms with Gasteiger partial charge in [0, 0.05) is 0 Å². The van der Waals surface area contributed by atoms with E-state index < -0.39 is 22.5 Å². The normalized spacial score (nSPS) is 11.0. The molecule has 168 valence electrons. The highest BCUT2D eigenvalue weighted by Crippen LogP contribution is 2.32. The molecular weight excluding hydrogens is 454 g/mol. The molecular formula is C23H22ClNO6S. The van der Waals surface area contributed by atoms with Crippen LogP contribution in [0.4, 0.5) is 5.69 Å². The Balaban J connectivity index is 2.00. The predicted octanol–water partition coefficient (Wildman–Crippen LogP) is 4.47. The van der Waals surface area contributed by atoms with Crippen LogP contribution in [-0.4, -0.2) is 35.2 Å². The summed E-state index contributed by atoms with van der Waals surface area (Å²) in [7, 11) is -1.35. The molecule has 0 spiro atoms. The first-order valence-electron chi connectivity index (χ1n) is 9.52. The fourth-order valence-corrected chi connectivity index (χ4v) is 4.60. The van der Waals surface area contributed by atoms with E-state index in [1.165, 1.54) is 44.6 Å². The first-order valence-corrected chi connectivity index (χ1v) is 11.3. The van der Waals surface area contributed by atoms with E-state index in [4.69, 9.17) is 25.8 Å². The molecule has 0 heterocycles. The van der Waals surface area contributed by atoms with Gasteiger partial charge in [-0.3, -0.25) is 4.79 Å². The molecule has 0 saturated carbocycles. The second kappa shape index (κ2) is 9.93. The summed E-state index contributed by atoms with van der Waals surface area (Å²) in [5.74, 6) is 0.267. The Morgan fingerprint density at radius 1 is 0.906 bits per heavy atom. The molecule has 0 bridgehead atoms. The molecule has 0 aromatic heterocycles. The Morgan fingerprint density at radius 3 is 2.12 bits per heavy atom. The SMILES string of the molecule is COc1ccc(N(C(=O)COc2ccccc2OC)S(=O)(=O)c2ccc(C)cc2)cc1Cl. The number of hydrogen-bond acceptors (Lipinski definition) is 6. The lowest BCUT2D eigenvalue weighted by Crippen LogP contribution is -2.40. The number of carbonyl (C=O) groups excluding carboxylic acids is 1. The van der Waals surface area contributed by atoms with E-state index in [9.17, 15) is 13.2 Å². The highest BCUT2D eigenvalue weighted by molar-refractivity contribution is 7.93. The number of sulfonamides is 1. The number of carbonyl (C=O) groups is 1. The lowest BCUT2D eigenvalue weighted by molar-refractivity contribution is -0.119. The first-order chi connectivity index (χ1) is 15.3. The predicted molar refractivity (Wildman–Crippen MR) is 122 cm³/mol. The van der Waals surface area contributed by atoms with E-state index in [1.807, 2.05) is 6.92 Å². The van der Waals surface area contributed by atoms with Crippen molar-refractivity contribution in [2.75, 3.05) is 25.1 Å². The third-order valence-electron chi connectivity index (χ3n) is 4.58. The highest BCUT2D eigenvalue weighted by atomic mass is 35.5. The molecule has 0 atom stereocenters. The summed E-state index contributed by atoms with van der Waals surface area (Å²) in [5, 5.41) is 0.160. The maximum Gasteiger partial charge on any atom is 0.278 e. The lowest BCUT2D eigenvalue weighted by Gasteiger charge is -2.23. The monoisotopic (exact) mass is 475 g/mol. The van der Waals surface area contributed by atoms with Gasteiger partial charge in [-0.2, -0.15) is 4.31 Å². The molecule has 3 aromatic carbocycles. The van der Waals surface area contributed by atoms with E-state index in [0.29, 0.717) is 21.6 Å². The van der Waals surface area contributed by atoms with Crippen molar-refractivity contribution in [3.05, 3.63) is 77.3 Å². The number of benzene rings is 3. The van der Waals surface area contributed by atoms with Gasteiger partial charge in [0.1, 0.15) is 5.75 Å². The van der Waals surface area contributed by atoms with Crippen LogP contribution in [0.3, 0.4) is 0 Å². The molecule has 9 heteroatoms. The highest BCUT2D eigenvalue weighted by Gasteiger charge is 2.32. The summed E-state index contributed by atoms with van der Waals surface area (Å²) in [4.78, 5) is 13.1. The number of nitrogens with zero attached hydrogens (tertiary/aromatic N) is 1. The van der Waals surface area contributed by atoms with E-state index in [0.717, 1.165) is 5.56 Å². The number of anilines is 1.